The first kappa shape index (κ1) is 13.9. The van der Waals surface area contributed by atoms with Crippen LogP contribution >= 0.6 is 0 Å². The third-order valence-corrected chi connectivity index (χ3v) is 3.38. The molecule has 0 spiro atoms. The Kier molecular flexibility index (Phi) is 4.80. The lowest BCUT2D eigenvalue weighted by molar-refractivity contribution is -0.129. The molecule has 1 aliphatic carbocycles. The van der Waals surface area contributed by atoms with Gasteiger partial charge in [-0.15, -0.1) is 0 Å². The van der Waals surface area contributed by atoms with Crippen LogP contribution in [0.5, 0.6) is 0 Å². The minimum atomic E-state index is 0.111. The number of carbonyl (C=O) groups excluding carboxylic acids is 1. The highest BCUT2D eigenvalue weighted by Gasteiger charge is 2.21. The van der Waals surface area contributed by atoms with Gasteiger partial charge in [0.1, 0.15) is 0 Å². The Morgan fingerprint density at radius 3 is 2.68 bits per heavy atom. The average molecular weight is 262 g/mol. The largest absolute Gasteiger partial charge is 0.399 e. The Morgan fingerprint density at radius 1 is 1.37 bits per heavy atom. The third-order valence-electron chi connectivity index (χ3n) is 3.38. The molecular weight excluding hydrogens is 240 g/mol. The van der Waals surface area contributed by atoms with Crippen molar-refractivity contribution in [2.75, 3.05) is 32.5 Å². The van der Waals surface area contributed by atoms with Crippen molar-refractivity contribution in [3.8, 4) is 0 Å². The Bertz CT molecular complexity index is 413. The molecule has 1 fully saturated rings. The molecule has 2 rings (SSSR count). The fourth-order valence-corrected chi connectivity index (χ4v) is 1.81. The van der Waals surface area contributed by atoms with Gasteiger partial charge in [0.05, 0.1) is 13.0 Å². The maximum absolute atomic E-state index is 12.0. The summed E-state index contributed by atoms with van der Waals surface area (Å²) >= 11 is 0. The molecule has 0 aliphatic heterocycles. The maximum atomic E-state index is 12.0. The standard InChI is InChI=1S/C15H22N2O2/c1-17(8-9-19-11-13-2-3-13)15(18)10-12-4-6-14(16)7-5-12/h4-7,13H,2-3,8-11,16H2,1H3. The molecule has 1 saturated carbocycles. The number of nitrogens with zero attached hydrogens (tertiary/aromatic N) is 1. The average Bonchev–Trinajstić information content (AvgIpc) is 3.21. The van der Waals surface area contributed by atoms with Gasteiger partial charge in [0.25, 0.3) is 0 Å². The predicted octanol–water partition coefficient (Wildman–Crippen LogP) is 1.70. The second kappa shape index (κ2) is 6.57. The molecule has 0 radical (unpaired) electrons. The monoisotopic (exact) mass is 262 g/mol. The first-order valence-corrected chi connectivity index (χ1v) is 6.81. The number of nitrogens with two attached hydrogens (primary N) is 1. The number of amides is 1. The fraction of sp³-hybridized carbons (Fsp3) is 0.533. The zero-order valence-corrected chi connectivity index (χ0v) is 11.5. The van der Waals surface area contributed by atoms with Gasteiger partial charge >= 0.3 is 0 Å². The van der Waals surface area contributed by atoms with Gasteiger partial charge in [0.2, 0.25) is 5.91 Å². The number of carbonyl (C=O) groups is 1. The van der Waals surface area contributed by atoms with Gasteiger partial charge in [-0.25, -0.2) is 0 Å². The van der Waals surface area contributed by atoms with Crippen molar-refractivity contribution >= 4 is 11.6 Å². The number of rotatable bonds is 7. The van der Waals surface area contributed by atoms with Crippen molar-refractivity contribution in [3.63, 3.8) is 0 Å². The quantitative estimate of drug-likeness (QED) is 0.601. The summed E-state index contributed by atoms with van der Waals surface area (Å²) in [6, 6.07) is 7.43. The van der Waals surface area contributed by atoms with Gasteiger partial charge in [-0.2, -0.15) is 0 Å². The summed E-state index contributed by atoms with van der Waals surface area (Å²) in [5.41, 5.74) is 7.33. The molecule has 4 heteroatoms. The Balaban J connectivity index is 1.67. The first-order chi connectivity index (χ1) is 9.15. The van der Waals surface area contributed by atoms with Crippen LogP contribution in [0.2, 0.25) is 0 Å². The van der Waals surface area contributed by atoms with E-state index in [4.69, 9.17) is 10.5 Å². The van der Waals surface area contributed by atoms with E-state index in [2.05, 4.69) is 0 Å². The molecule has 0 atom stereocenters. The lowest BCUT2D eigenvalue weighted by Crippen LogP contribution is -2.31. The minimum Gasteiger partial charge on any atom is -0.399 e. The molecule has 1 aromatic carbocycles. The van der Waals surface area contributed by atoms with Crippen LogP contribution in [-0.4, -0.2) is 37.6 Å². The second-order valence-electron chi connectivity index (χ2n) is 5.25. The van der Waals surface area contributed by atoms with Crippen LogP contribution in [0.4, 0.5) is 5.69 Å². The number of benzene rings is 1. The molecule has 1 aromatic rings. The lowest BCUT2D eigenvalue weighted by Gasteiger charge is -2.17. The number of ether oxygens (including phenoxy) is 1. The van der Waals surface area contributed by atoms with Crippen LogP contribution in [0.25, 0.3) is 0 Å². The molecular formula is C15H22N2O2. The van der Waals surface area contributed by atoms with Crippen LogP contribution in [0.3, 0.4) is 0 Å². The van der Waals surface area contributed by atoms with Gasteiger partial charge in [0, 0.05) is 25.9 Å². The molecule has 1 aliphatic rings. The van der Waals surface area contributed by atoms with Crippen molar-refractivity contribution in [2.45, 2.75) is 19.3 Å². The molecule has 4 nitrogen and oxygen atoms in total. The van der Waals surface area contributed by atoms with E-state index in [0.717, 1.165) is 23.8 Å². The highest BCUT2D eigenvalue weighted by molar-refractivity contribution is 5.78. The summed E-state index contributed by atoms with van der Waals surface area (Å²) in [5, 5.41) is 0. The Labute approximate surface area is 114 Å². The number of hydrogen-bond acceptors (Lipinski definition) is 3. The van der Waals surface area contributed by atoms with Crippen molar-refractivity contribution < 1.29 is 9.53 Å². The van der Waals surface area contributed by atoms with Gasteiger partial charge in [-0.3, -0.25) is 4.79 Å². The maximum Gasteiger partial charge on any atom is 0.226 e. The second-order valence-corrected chi connectivity index (χ2v) is 5.25. The summed E-state index contributed by atoms with van der Waals surface area (Å²) in [5.74, 6) is 0.885. The smallest absolute Gasteiger partial charge is 0.226 e. The summed E-state index contributed by atoms with van der Waals surface area (Å²) in [6.07, 6.45) is 3.01. The van der Waals surface area contributed by atoms with Crippen LogP contribution in [-0.2, 0) is 16.0 Å². The Hall–Kier alpha value is -1.55. The van der Waals surface area contributed by atoms with E-state index in [-0.39, 0.29) is 5.91 Å². The normalized spacial score (nSPS) is 14.4. The van der Waals surface area contributed by atoms with E-state index < -0.39 is 0 Å². The van der Waals surface area contributed by atoms with Crippen molar-refractivity contribution in [1.82, 2.24) is 4.90 Å². The van der Waals surface area contributed by atoms with E-state index in [1.54, 1.807) is 4.90 Å². The van der Waals surface area contributed by atoms with E-state index in [1.165, 1.54) is 12.8 Å². The van der Waals surface area contributed by atoms with Crippen molar-refractivity contribution in [2.24, 2.45) is 5.92 Å². The lowest BCUT2D eigenvalue weighted by atomic mass is 10.1. The van der Waals surface area contributed by atoms with Gasteiger partial charge in [-0.05, 0) is 36.5 Å². The zero-order valence-electron chi connectivity index (χ0n) is 11.5. The summed E-state index contributed by atoms with van der Waals surface area (Å²) in [7, 11) is 1.82. The Morgan fingerprint density at radius 2 is 2.05 bits per heavy atom. The molecule has 1 amide bonds. The molecule has 19 heavy (non-hydrogen) atoms. The van der Waals surface area contributed by atoms with Crippen LogP contribution in [0.1, 0.15) is 18.4 Å². The molecule has 0 heterocycles. The molecule has 0 bridgehead atoms. The van der Waals surface area contributed by atoms with Crippen molar-refractivity contribution in [1.29, 1.82) is 0 Å². The fourth-order valence-electron chi connectivity index (χ4n) is 1.81. The van der Waals surface area contributed by atoms with E-state index in [0.29, 0.717) is 19.6 Å². The molecule has 2 N–H and O–H groups in total. The molecule has 0 aromatic heterocycles. The number of likely N-dealkylation sites (N-methyl/N-ethyl adjacent to an activating group) is 1. The highest BCUT2D eigenvalue weighted by atomic mass is 16.5. The third kappa shape index (κ3) is 4.91. The van der Waals surface area contributed by atoms with Crippen LogP contribution in [0.15, 0.2) is 24.3 Å². The number of hydrogen-bond donors (Lipinski definition) is 1. The molecule has 0 saturated heterocycles. The molecule has 0 unspecified atom stereocenters. The zero-order chi connectivity index (χ0) is 13.7. The van der Waals surface area contributed by atoms with E-state index in [1.807, 2.05) is 31.3 Å². The summed E-state index contributed by atoms with van der Waals surface area (Å²) in [4.78, 5) is 13.7. The number of anilines is 1. The van der Waals surface area contributed by atoms with E-state index in [9.17, 15) is 4.79 Å². The summed E-state index contributed by atoms with van der Waals surface area (Å²) in [6.45, 7) is 2.13. The number of nitrogen functional groups attached to an aromatic ring is 1. The minimum absolute atomic E-state index is 0.111. The SMILES string of the molecule is CN(CCOCC1CC1)C(=O)Cc1ccc(N)cc1. The van der Waals surface area contributed by atoms with Crippen LogP contribution in [0, 0.1) is 5.92 Å². The molecule has 104 valence electrons. The topological polar surface area (TPSA) is 55.6 Å². The first-order valence-electron chi connectivity index (χ1n) is 6.81. The predicted molar refractivity (Wildman–Crippen MR) is 75.7 cm³/mol. The summed E-state index contributed by atoms with van der Waals surface area (Å²) < 4.78 is 5.53. The van der Waals surface area contributed by atoms with Crippen molar-refractivity contribution in [3.05, 3.63) is 29.8 Å². The van der Waals surface area contributed by atoms with Gasteiger partial charge in [-0.1, -0.05) is 12.1 Å². The van der Waals surface area contributed by atoms with Crippen LogP contribution < -0.4 is 5.73 Å². The van der Waals surface area contributed by atoms with Gasteiger partial charge < -0.3 is 15.4 Å². The van der Waals surface area contributed by atoms with E-state index >= 15 is 0 Å². The van der Waals surface area contributed by atoms with Gasteiger partial charge in [0.15, 0.2) is 0 Å². The highest BCUT2D eigenvalue weighted by Crippen LogP contribution is 2.28.